The van der Waals surface area contributed by atoms with E-state index >= 15 is 0 Å². The molecule has 3 atom stereocenters. The van der Waals surface area contributed by atoms with Gasteiger partial charge in [-0.15, -0.1) is 4.73 Å². The van der Waals surface area contributed by atoms with E-state index in [1.54, 1.807) is 0 Å². The van der Waals surface area contributed by atoms with E-state index in [2.05, 4.69) is 44.4 Å². The Kier molecular flexibility index (Phi) is 10.6. The highest BCUT2D eigenvalue weighted by Crippen LogP contribution is 2.48. The van der Waals surface area contributed by atoms with Crippen LogP contribution in [0, 0.1) is 5.92 Å². The summed E-state index contributed by atoms with van der Waals surface area (Å²) >= 11 is 0. The number of allylic oxidation sites excluding steroid dienone is 2. The Morgan fingerprint density at radius 2 is 1.60 bits per heavy atom. The average molecular weight is 775 g/mol. The highest BCUT2D eigenvalue weighted by atomic mass is 32.2. The summed E-state index contributed by atoms with van der Waals surface area (Å²) in [5.74, 6) is -4.23. The van der Waals surface area contributed by atoms with Gasteiger partial charge in [-0.1, -0.05) is 56.3 Å². The lowest BCUT2D eigenvalue weighted by atomic mass is 9.69. The molecule has 2 aromatic carbocycles. The molecule has 292 valence electrons. The number of benzene rings is 2. The molecule has 6 rings (SSSR count). The number of nitrogens with zero attached hydrogens (tertiary/aromatic N) is 3. The van der Waals surface area contributed by atoms with E-state index in [0.717, 1.165) is 46.0 Å². The zero-order valence-electron chi connectivity index (χ0n) is 31.7. The Morgan fingerprint density at radius 1 is 0.964 bits per heavy atom. The molecule has 15 heteroatoms. The van der Waals surface area contributed by atoms with E-state index in [0.29, 0.717) is 16.7 Å². The minimum Gasteiger partial charge on any atom is -0.492 e. The number of carbonyl (C=O) groups excluding carboxylic acids is 3. The predicted octanol–water partition coefficient (Wildman–Crippen LogP) is 3.50. The normalized spacial score (nSPS) is 21.7. The summed E-state index contributed by atoms with van der Waals surface area (Å²) in [5, 5.41) is 25.2. The van der Waals surface area contributed by atoms with Crippen LogP contribution in [-0.2, 0) is 35.3 Å². The zero-order valence-corrected chi connectivity index (χ0v) is 32.6. The number of ketones is 1. The van der Waals surface area contributed by atoms with Crippen molar-refractivity contribution in [3.05, 3.63) is 95.2 Å². The molecule has 3 aromatic rings. The van der Waals surface area contributed by atoms with Crippen molar-refractivity contribution < 1.29 is 47.0 Å². The number of rotatable bonds is 13. The van der Waals surface area contributed by atoms with Crippen molar-refractivity contribution in [1.82, 2.24) is 15.4 Å². The summed E-state index contributed by atoms with van der Waals surface area (Å²) in [4.78, 5) is 47.1. The van der Waals surface area contributed by atoms with E-state index < -0.39 is 68.3 Å². The number of hydrogen-bond acceptors (Lipinski definition) is 10. The molecule has 3 heterocycles. The van der Waals surface area contributed by atoms with Crippen LogP contribution >= 0.6 is 0 Å². The van der Waals surface area contributed by atoms with Crippen molar-refractivity contribution in [1.29, 1.82) is 0 Å². The van der Waals surface area contributed by atoms with E-state index in [-0.39, 0.29) is 25.2 Å². The maximum atomic E-state index is 14.3. The molecule has 5 N–H and O–H groups in total. The minimum absolute atomic E-state index is 0.0575. The second kappa shape index (κ2) is 14.8. The first-order valence-electron chi connectivity index (χ1n) is 18.1. The van der Waals surface area contributed by atoms with Crippen LogP contribution in [0.25, 0.3) is 0 Å². The molecule has 55 heavy (non-hydrogen) atoms. The fraction of sp³-hybridized carbons (Fsp3) is 0.400. The molecule has 0 saturated heterocycles. The van der Waals surface area contributed by atoms with E-state index in [9.17, 15) is 37.6 Å². The lowest BCUT2D eigenvalue weighted by Gasteiger charge is -2.40. The van der Waals surface area contributed by atoms with Gasteiger partial charge in [0.25, 0.3) is 10.1 Å². The molecule has 1 amide bonds. The summed E-state index contributed by atoms with van der Waals surface area (Å²) in [5.41, 5.74) is 5.38. The Bertz CT molecular complexity index is 2230. The molecule has 14 nitrogen and oxygen atoms in total. The second-order valence-electron chi connectivity index (χ2n) is 15.3. The second-order valence-corrected chi connectivity index (χ2v) is 16.8. The molecule has 1 aromatic heterocycles. The zero-order chi connectivity index (χ0) is 40.0. The number of hydrogen-bond donors (Lipinski definition) is 5. The van der Waals surface area contributed by atoms with Gasteiger partial charge in [0.15, 0.2) is 11.5 Å². The molecule has 3 aliphatic rings. The van der Waals surface area contributed by atoms with Crippen LogP contribution in [0.15, 0.2) is 84.1 Å². The molecular weight excluding hydrogens is 727 g/mol. The van der Waals surface area contributed by atoms with Gasteiger partial charge in [-0.05, 0) is 38.3 Å². The summed E-state index contributed by atoms with van der Waals surface area (Å²) in [7, 11) is -0.797. The third kappa shape index (κ3) is 7.56. The number of amides is 1. The molecule has 0 spiro atoms. The van der Waals surface area contributed by atoms with E-state index in [1.165, 1.54) is 0 Å². The summed E-state index contributed by atoms with van der Waals surface area (Å²) in [6, 6.07) is 16.1. The van der Waals surface area contributed by atoms with Crippen LogP contribution in [0.4, 0.5) is 11.4 Å². The molecule has 2 aliphatic heterocycles. The fourth-order valence-electron chi connectivity index (χ4n) is 8.00. The highest BCUT2D eigenvalue weighted by Gasteiger charge is 2.51. The third-order valence-electron chi connectivity index (χ3n) is 11.0. The quantitative estimate of drug-likeness (QED) is 0.0740. The number of anilines is 1. The van der Waals surface area contributed by atoms with Crippen LogP contribution < -0.4 is 20.4 Å². The summed E-state index contributed by atoms with van der Waals surface area (Å²) in [6.07, 6.45) is 4.19. The Morgan fingerprint density at radius 3 is 2.24 bits per heavy atom. The van der Waals surface area contributed by atoms with E-state index in [4.69, 9.17) is 4.84 Å². The smallest absolute Gasteiger partial charge is 0.333 e. The van der Waals surface area contributed by atoms with Crippen LogP contribution in [0.1, 0.15) is 58.1 Å². The van der Waals surface area contributed by atoms with Crippen molar-refractivity contribution in [3.8, 4) is 11.8 Å². The maximum absolute atomic E-state index is 14.3. The number of fused-ring (bicyclic) bond motifs is 2. The van der Waals surface area contributed by atoms with Gasteiger partial charge in [0.1, 0.15) is 13.1 Å². The number of aromatic hydroxyl groups is 2. The average Bonchev–Trinajstić information content (AvgIpc) is 3.62. The number of nitrogens with one attached hydrogen (secondary N) is 2. The topological polar surface area (TPSA) is 191 Å². The van der Waals surface area contributed by atoms with Gasteiger partial charge in [-0.25, -0.2) is 4.79 Å². The standard InChI is InChI=1S/C40H47N5O9S/c1-39(2)26-13-7-9-15-29(26)43(5)31(39)21-24-36(25(37(24)49)22-32-40(3,4)27-14-8-10-16-30(27)44(32)6)42-28(23-55(51,52)53)38(50)41-20-12-11-17-35(48)54-45-33(46)18-19-34(45)47/h7-10,13-16,18-19,21-22,24,28,36,42H,11-12,17,20,23H2,1-6H3,(H3,41,49,50,51,52,53)/p+1. The first kappa shape index (κ1) is 39.4. The van der Waals surface area contributed by atoms with Gasteiger partial charge < -0.3 is 25.3 Å². The maximum Gasteiger partial charge on any atom is 0.333 e. The number of likely N-dealkylation sites (N-methyl/N-ethyl adjacent to an activating group) is 1. The largest absolute Gasteiger partial charge is 0.492 e. The molecule has 0 radical (unpaired) electrons. The lowest BCUT2D eigenvalue weighted by molar-refractivity contribution is -0.401. The number of unbranched alkanes of at least 4 members (excludes halogenated alkanes) is 1. The van der Waals surface area contributed by atoms with Gasteiger partial charge in [0.2, 0.25) is 23.4 Å². The van der Waals surface area contributed by atoms with Gasteiger partial charge in [0, 0.05) is 72.2 Å². The van der Waals surface area contributed by atoms with Crippen LogP contribution in [0.5, 0.6) is 11.8 Å². The van der Waals surface area contributed by atoms with Crippen molar-refractivity contribution in [2.45, 2.75) is 69.9 Å². The Labute approximate surface area is 320 Å². The van der Waals surface area contributed by atoms with Crippen LogP contribution in [0.2, 0.25) is 0 Å². The van der Waals surface area contributed by atoms with Crippen molar-refractivity contribution in [3.63, 3.8) is 0 Å². The van der Waals surface area contributed by atoms with Gasteiger partial charge in [-0.3, -0.25) is 19.5 Å². The van der Waals surface area contributed by atoms with Crippen molar-refractivity contribution in [2.24, 2.45) is 5.92 Å². The number of carbonyl (C=O) groups is 3. The molecule has 1 aliphatic carbocycles. The van der Waals surface area contributed by atoms with E-state index in [1.807, 2.05) is 78.2 Å². The Hall–Kier alpha value is -5.25. The predicted molar refractivity (Wildman–Crippen MR) is 206 cm³/mol. The molecule has 0 bridgehead atoms. The minimum atomic E-state index is -4.67. The SMILES string of the molecule is CN1C(=CC2C(=O)C(=CC3=[N+](C)c4ccccc4C3(C)C)C2NC(CS(=O)(=O)O)C(=O)NCCCCC(=O)On2c(O)ccc2O)C(C)(C)c2ccccc21. The summed E-state index contributed by atoms with van der Waals surface area (Å²) < 4.78 is 37.2. The summed E-state index contributed by atoms with van der Waals surface area (Å²) in [6.45, 7) is 8.36. The van der Waals surface area contributed by atoms with Gasteiger partial charge in [-0.2, -0.15) is 13.0 Å². The molecule has 1 fully saturated rings. The monoisotopic (exact) mass is 774 g/mol. The van der Waals surface area contributed by atoms with Gasteiger partial charge in [0.05, 0.1) is 23.1 Å². The third-order valence-corrected chi connectivity index (χ3v) is 11.7. The van der Waals surface area contributed by atoms with Crippen molar-refractivity contribution in [2.75, 3.05) is 31.3 Å². The number of Topliss-reactive ketones (excluding diaryl/α,β-unsaturated/α-hetero) is 1. The number of aromatic nitrogens is 1. The van der Waals surface area contributed by atoms with Gasteiger partial charge >= 0.3 is 5.97 Å². The molecular formula is C40H48N5O9S+. The van der Waals surface area contributed by atoms with Crippen LogP contribution in [0.3, 0.4) is 0 Å². The Balaban J connectivity index is 1.25. The molecule has 3 unspecified atom stereocenters. The fourth-order valence-corrected chi connectivity index (χ4v) is 8.67. The first-order chi connectivity index (χ1) is 25.8. The highest BCUT2D eigenvalue weighted by molar-refractivity contribution is 7.85. The number of para-hydroxylation sites is 2. The first-order valence-corrected chi connectivity index (χ1v) is 19.8. The lowest BCUT2D eigenvalue weighted by Crippen LogP contribution is -2.61. The van der Waals surface area contributed by atoms with Crippen molar-refractivity contribution >= 4 is 44.9 Å². The molecule has 1 saturated carbocycles. The van der Waals surface area contributed by atoms with Crippen LogP contribution in [-0.4, -0.2) is 94.3 Å².